The van der Waals surface area contributed by atoms with E-state index in [0.717, 1.165) is 0 Å². The first kappa shape index (κ1) is 10.7. The van der Waals surface area contributed by atoms with Gasteiger partial charge < -0.3 is 4.74 Å². The van der Waals surface area contributed by atoms with Crippen LogP contribution in [0, 0.1) is 6.92 Å². The quantitative estimate of drug-likeness (QED) is 0.573. The second-order valence-corrected chi connectivity index (χ2v) is 3.47. The highest BCUT2D eigenvalue weighted by molar-refractivity contribution is 6.23. The second-order valence-electron chi connectivity index (χ2n) is 3.47. The highest BCUT2D eigenvalue weighted by Crippen LogP contribution is 2.18. The van der Waals surface area contributed by atoms with Gasteiger partial charge in [-0.15, -0.1) is 0 Å². The van der Waals surface area contributed by atoms with Crippen LogP contribution < -0.4 is 4.74 Å². The van der Waals surface area contributed by atoms with Gasteiger partial charge in [0.2, 0.25) is 0 Å². The molecule has 2 heterocycles. The molecule has 0 aliphatic rings. The fourth-order valence-corrected chi connectivity index (χ4v) is 1.70. The first-order valence-corrected chi connectivity index (χ1v) is 4.93. The van der Waals surface area contributed by atoms with Crippen LogP contribution in [0.5, 0.6) is 5.75 Å². The number of hydrogen-bond acceptors (Lipinski definition) is 3. The zero-order valence-corrected chi connectivity index (χ0v) is 9.23. The lowest BCUT2D eigenvalue weighted by molar-refractivity contribution is 0.101. The molecule has 0 fully saturated rings. The third kappa shape index (κ3) is 1.58. The molecule has 0 amide bonds. The summed E-state index contributed by atoms with van der Waals surface area (Å²) in [5.41, 5.74) is 1.91. The average molecular weight is 214 g/mol. The Balaban J connectivity index is 2.66. The van der Waals surface area contributed by atoms with Gasteiger partial charge in [0.25, 0.3) is 0 Å². The van der Waals surface area contributed by atoms with Gasteiger partial charge in [-0.3, -0.25) is 9.20 Å². The lowest BCUT2D eigenvalue weighted by atomic mass is 9.98. The second kappa shape index (κ2) is 4.00. The SMILES string of the molecule is [B]CC(=O)c1c(C)nc2cc(OC)ccn12. The van der Waals surface area contributed by atoms with Crippen LogP contribution in [0.4, 0.5) is 0 Å². The number of hydrogen-bond donors (Lipinski definition) is 0. The minimum atomic E-state index is -0.116. The van der Waals surface area contributed by atoms with Crippen molar-refractivity contribution in [3.63, 3.8) is 0 Å². The molecule has 5 heteroatoms. The molecule has 2 radical (unpaired) electrons. The number of rotatable bonds is 3. The minimum absolute atomic E-state index is 0.0132. The van der Waals surface area contributed by atoms with Crippen LogP contribution in [0.2, 0.25) is 6.32 Å². The Labute approximate surface area is 94.7 Å². The van der Waals surface area contributed by atoms with Crippen molar-refractivity contribution in [2.45, 2.75) is 13.2 Å². The smallest absolute Gasteiger partial charge is 0.172 e. The molecule has 16 heavy (non-hydrogen) atoms. The minimum Gasteiger partial charge on any atom is -0.497 e. The molecule has 0 aromatic carbocycles. The molecular formula is C11H11BN2O2. The first-order chi connectivity index (χ1) is 7.67. The van der Waals surface area contributed by atoms with Crippen molar-refractivity contribution >= 4 is 19.3 Å². The van der Waals surface area contributed by atoms with Crippen LogP contribution in [0.1, 0.15) is 16.2 Å². The van der Waals surface area contributed by atoms with Gasteiger partial charge in [0.05, 0.1) is 20.7 Å². The Kier molecular flexibility index (Phi) is 2.68. The summed E-state index contributed by atoms with van der Waals surface area (Å²) >= 11 is 0. The van der Waals surface area contributed by atoms with Crippen LogP contribution in [-0.4, -0.2) is 30.1 Å². The van der Waals surface area contributed by atoms with E-state index in [0.29, 0.717) is 22.8 Å². The topological polar surface area (TPSA) is 43.6 Å². The number of carbonyl (C=O) groups excluding carboxylic acids is 1. The number of Topliss-reactive ketones (excluding diaryl/α,β-unsaturated/α-hetero) is 1. The number of carbonyl (C=O) groups is 1. The van der Waals surface area contributed by atoms with E-state index < -0.39 is 0 Å². The van der Waals surface area contributed by atoms with E-state index in [9.17, 15) is 4.79 Å². The Hall–Kier alpha value is -1.78. The largest absolute Gasteiger partial charge is 0.497 e. The van der Waals surface area contributed by atoms with Crippen LogP contribution in [-0.2, 0) is 0 Å². The number of aryl methyl sites for hydroxylation is 1. The standard InChI is InChI=1S/C11H11BN2O2/c1-7-11(9(15)6-12)14-4-3-8(16-2)5-10(14)13-7/h3-5H,6H2,1-2H3. The molecule has 2 rings (SSSR count). The molecule has 0 atom stereocenters. The first-order valence-electron chi connectivity index (χ1n) is 4.93. The van der Waals surface area contributed by atoms with Crippen molar-refractivity contribution in [2.75, 3.05) is 7.11 Å². The Bertz CT molecular complexity index is 548. The molecule has 0 aliphatic heterocycles. The molecule has 2 aromatic rings. The summed E-state index contributed by atoms with van der Waals surface area (Å²) in [4.78, 5) is 15.9. The highest BCUT2D eigenvalue weighted by Gasteiger charge is 2.14. The number of nitrogens with zero attached hydrogens (tertiary/aromatic N) is 2. The zero-order chi connectivity index (χ0) is 11.7. The molecule has 80 valence electrons. The Morgan fingerprint density at radius 1 is 1.62 bits per heavy atom. The predicted octanol–water partition coefficient (Wildman–Crippen LogP) is 1.42. The van der Waals surface area contributed by atoms with Gasteiger partial charge in [-0.05, 0) is 19.3 Å². The molecule has 0 unspecified atom stereocenters. The maximum atomic E-state index is 11.6. The van der Waals surface area contributed by atoms with Gasteiger partial charge in [0, 0.05) is 12.3 Å². The third-order valence-electron chi connectivity index (χ3n) is 2.46. The summed E-state index contributed by atoms with van der Waals surface area (Å²) in [6.45, 7) is 1.79. The molecule has 2 aromatic heterocycles. The van der Waals surface area contributed by atoms with E-state index in [4.69, 9.17) is 12.6 Å². The van der Waals surface area contributed by atoms with E-state index in [1.54, 1.807) is 36.8 Å². The molecule has 0 saturated carbocycles. The van der Waals surface area contributed by atoms with E-state index in [1.807, 2.05) is 0 Å². The fourth-order valence-electron chi connectivity index (χ4n) is 1.70. The number of methoxy groups -OCH3 is 1. The van der Waals surface area contributed by atoms with Crippen LogP contribution in [0.25, 0.3) is 5.65 Å². The van der Waals surface area contributed by atoms with E-state index in [-0.39, 0.29) is 12.1 Å². The molecular weight excluding hydrogens is 203 g/mol. The average Bonchev–Trinajstić information content (AvgIpc) is 2.62. The Morgan fingerprint density at radius 2 is 2.38 bits per heavy atom. The maximum absolute atomic E-state index is 11.6. The summed E-state index contributed by atoms with van der Waals surface area (Å²) in [7, 11) is 6.95. The molecule has 0 N–H and O–H groups in total. The summed E-state index contributed by atoms with van der Waals surface area (Å²) in [5.74, 6) is 0.597. The van der Waals surface area contributed by atoms with E-state index in [2.05, 4.69) is 4.98 Å². The van der Waals surface area contributed by atoms with Crippen molar-refractivity contribution in [1.29, 1.82) is 0 Å². The van der Waals surface area contributed by atoms with Crippen LogP contribution in [0.3, 0.4) is 0 Å². The fraction of sp³-hybridized carbons (Fsp3) is 0.273. The van der Waals surface area contributed by atoms with Gasteiger partial charge >= 0.3 is 0 Å². The van der Waals surface area contributed by atoms with Gasteiger partial charge in [-0.2, -0.15) is 0 Å². The van der Waals surface area contributed by atoms with Gasteiger partial charge in [0.1, 0.15) is 17.1 Å². The summed E-state index contributed by atoms with van der Waals surface area (Å²) in [5, 5.41) is 0. The van der Waals surface area contributed by atoms with Crippen LogP contribution in [0.15, 0.2) is 18.3 Å². The number of pyridine rings is 1. The number of imidazole rings is 1. The molecule has 0 spiro atoms. The predicted molar refractivity (Wildman–Crippen MR) is 61.4 cm³/mol. The van der Waals surface area contributed by atoms with Gasteiger partial charge in [-0.1, -0.05) is 0 Å². The number of fused-ring (bicyclic) bond motifs is 1. The normalized spacial score (nSPS) is 10.6. The van der Waals surface area contributed by atoms with Crippen LogP contribution >= 0.6 is 0 Å². The lowest BCUT2D eigenvalue weighted by Crippen LogP contribution is -2.04. The summed E-state index contributed by atoms with van der Waals surface area (Å²) < 4.78 is 6.82. The molecule has 0 aliphatic carbocycles. The maximum Gasteiger partial charge on any atom is 0.172 e. The zero-order valence-electron chi connectivity index (χ0n) is 9.23. The Morgan fingerprint density at radius 3 is 3.00 bits per heavy atom. The molecule has 4 nitrogen and oxygen atoms in total. The van der Waals surface area contributed by atoms with E-state index in [1.165, 1.54) is 0 Å². The van der Waals surface area contributed by atoms with Crippen molar-refractivity contribution in [3.8, 4) is 5.75 Å². The summed E-state index contributed by atoms with van der Waals surface area (Å²) in [6.07, 6.45) is 1.75. The summed E-state index contributed by atoms with van der Waals surface area (Å²) in [6, 6.07) is 3.56. The van der Waals surface area contributed by atoms with Crippen molar-refractivity contribution in [2.24, 2.45) is 0 Å². The number of ether oxygens (including phenoxy) is 1. The lowest BCUT2D eigenvalue weighted by Gasteiger charge is -2.02. The van der Waals surface area contributed by atoms with Crippen molar-refractivity contribution in [3.05, 3.63) is 29.7 Å². The molecule has 0 saturated heterocycles. The van der Waals surface area contributed by atoms with Gasteiger partial charge in [-0.25, -0.2) is 4.98 Å². The van der Waals surface area contributed by atoms with Crippen molar-refractivity contribution in [1.82, 2.24) is 9.38 Å². The van der Waals surface area contributed by atoms with Crippen molar-refractivity contribution < 1.29 is 9.53 Å². The highest BCUT2D eigenvalue weighted by atomic mass is 16.5. The monoisotopic (exact) mass is 214 g/mol. The van der Waals surface area contributed by atoms with E-state index >= 15 is 0 Å². The molecule has 0 bridgehead atoms. The van der Waals surface area contributed by atoms with Gasteiger partial charge in [0.15, 0.2) is 5.78 Å². The number of ketones is 1. The number of aromatic nitrogens is 2. The third-order valence-corrected chi connectivity index (χ3v) is 2.46.